The third-order valence-corrected chi connectivity index (χ3v) is 2.64. The van der Waals surface area contributed by atoms with E-state index in [-0.39, 0.29) is 13.0 Å². The third-order valence-electron chi connectivity index (χ3n) is 2.64. The Bertz CT molecular complexity index is 274. The van der Waals surface area contributed by atoms with Crippen molar-refractivity contribution in [3.05, 3.63) is 0 Å². The van der Waals surface area contributed by atoms with E-state index >= 15 is 0 Å². The molecule has 1 amide bonds. The smallest absolute Gasteiger partial charge is 0.408 e. The van der Waals surface area contributed by atoms with Crippen LogP contribution in [0.15, 0.2) is 0 Å². The highest BCUT2D eigenvalue weighted by Crippen LogP contribution is 2.34. The fourth-order valence-electron chi connectivity index (χ4n) is 1.97. The molecular formula is C8H11NO6. The Morgan fingerprint density at radius 1 is 1.27 bits per heavy atom. The predicted octanol–water partition coefficient (Wildman–Crippen LogP) is -0.434. The second-order valence-corrected chi connectivity index (χ2v) is 3.58. The Balaban J connectivity index is 2.18. The van der Waals surface area contributed by atoms with Crippen molar-refractivity contribution in [1.29, 1.82) is 0 Å². The second-order valence-electron chi connectivity index (χ2n) is 3.58. The van der Waals surface area contributed by atoms with Crippen molar-refractivity contribution in [3.63, 3.8) is 0 Å². The molecule has 7 heteroatoms. The van der Waals surface area contributed by atoms with Crippen LogP contribution in [0.4, 0.5) is 4.79 Å². The molecule has 15 heavy (non-hydrogen) atoms. The monoisotopic (exact) mass is 217 g/mol. The van der Waals surface area contributed by atoms with Crippen LogP contribution in [0.1, 0.15) is 6.42 Å². The molecule has 2 aliphatic heterocycles. The van der Waals surface area contributed by atoms with E-state index in [9.17, 15) is 9.59 Å². The maximum absolute atomic E-state index is 10.8. The van der Waals surface area contributed by atoms with Gasteiger partial charge in [-0.1, -0.05) is 0 Å². The van der Waals surface area contributed by atoms with Crippen LogP contribution in [0.3, 0.4) is 0 Å². The minimum Gasteiger partial charge on any atom is -0.480 e. The number of rotatable bonds is 1. The van der Waals surface area contributed by atoms with Crippen LogP contribution in [0, 0.1) is 0 Å². The molecule has 0 bridgehead atoms. The van der Waals surface area contributed by atoms with Gasteiger partial charge in [0.05, 0.1) is 19.8 Å². The van der Waals surface area contributed by atoms with E-state index in [4.69, 9.17) is 19.7 Å². The molecule has 1 spiro atoms. The first-order chi connectivity index (χ1) is 7.04. The molecule has 7 nitrogen and oxygen atoms in total. The van der Waals surface area contributed by atoms with Crippen molar-refractivity contribution < 1.29 is 29.3 Å². The summed E-state index contributed by atoms with van der Waals surface area (Å²) < 4.78 is 10.5. The van der Waals surface area contributed by atoms with Gasteiger partial charge < -0.3 is 19.7 Å². The molecule has 2 rings (SSSR count). The lowest BCUT2D eigenvalue weighted by Gasteiger charge is -2.20. The van der Waals surface area contributed by atoms with Gasteiger partial charge in [0.1, 0.15) is 6.04 Å². The number of aliphatic carboxylic acids is 1. The first-order valence-corrected chi connectivity index (χ1v) is 4.54. The highest BCUT2D eigenvalue weighted by atomic mass is 16.7. The van der Waals surface area contributed by atoms with Gasteiger partial charge in [0.2, 0.25) is 0 Å². The maximum atomic E-state index is 10.8. The fraction of sp³-hybridized carbons (Fsp3) is 0.750. The minimum absolute atomic E-state index is 0.0424. The molecule has 84 valence electrons. The number of carboxylic acid groups (broad SMARTS) is 2. The van der Waals surface area contributed by atoms with Gasteiger partial charge in [-0.05, 0) is 0 Å². The first-order valence-electron chi connectivity index (χ1n) is 4.54. The number of carboxylic acids is 1. The second kappa shape index (κ2) is 3.35. The van der Waals surface area contributed by atoms with Gasteiger partial charge >= 0.3 is 12.1 Å². The number of likely N-dealkylation sites (tertiary alicyclic amines) is 1. The van der Waals surface area contributed by atoms with Gasteiger partial charge in [-0.2, -0.15) is 0 Å². The topological polar surface area (TPSA) is 96.3 Å². The summed E-state index contributed by atoms with van der Waals surface area (Å²) in [5.74, 6) is -2.21. The van der Waals surface area contributed by atoms with Crippen molar-refractivity contribution >= 4 is 12.1 Å². The number of ether oxygens (including phenoxy) is 2. The van der Waals surface area contributed by atoms with E-state index in [1.54, 1.807) is 0 Å². The molecule has 2 saturated heterocycles. The molecular weight excluding hydrogens is 206 g/mol. The molecule has 0 aliphatic carbocycles. The Morgan fingerprint density at radius 3 is 2.27 bits per heavy atom. The van der Waals surface area contributed by atoms with Crippen LogP contribution < -0.4 is 0 Å². The summed E-state index contributed by atoms with van der Waals surface area (Å²) in [7, 11) is 0. The third kappa shape index (κ3) is 1.64. The molecule has 0 aromatic rings. The highest BCUT2D eigenvalue weighted by molar-refractivity contribution is 5.80. The van der Waals surface area contributed by atoms with Crippen molar-refractivity contribution in [1.82, 2.24) is 4.90 Å². The van der Waals surface area contributed by atoms with Crippen molar-refractivity contribution in [3.8, 4) is 0 Å². The standard InChI is InChI=1S/C8H11NO6/c10-6(11)5-3-8(14-1-2-15-8)4-9(5)7(12)13/h5H,1-4H2,(H,10,11)(H,12,13). The van der Waals surface area contributed by atoms with Crippen LogP contribution in [-0.4, -0.2) is 58.8 Å². The summed E-state index contributed by atoms with van der Waals surface area (Å²) in [5, 5.41) is 17.7. The zero-order valence-electron chi connectivity index (χ0n) is 7.88. The van der Waals surface area contributed by atoms with Crippen LogP contribution >= 0.6 is 0 Å². The van der Waals surface area contributed by atoms with Crippen molar-refractivity contribution in [2.24, 2.45) is 0 Å². The van der Waals surface area contributed by atoms with Crippen molar-refractivity contribution in [2.75, 3.05) is 19.8 Å². The van der Waals surface area contributed by atoms with E-state index in [2.05, 4.69) is 0 Å². The minimum atomic E-state index is -1.27. The quantitative estimate of drug-likeness (QED) is 0.618. The molecule has 2 fully saturated rings. The number of hydrogen-bond donors (Lipinski definition) is 2. The van der Waals surface area contributed by atoms with Crippen LogP contribution in [0.2, 0.25) is 0 Å². The van der Waals surface area contributed by atoms with Crippen molar-refractivity contribution in [2.45, 2.75) is 18.2 Å². The molecule has 0 aromatic carbocycles. The Hall–Kier alpha value is -1.34. The SMILES string of the molecule is O=C(O)C1CC2(CN1C(=O)O)OCCO2. The zero-order chi connectivity index (χ0) is 11.1. The van der Waals surface area contributed by atoms with E-state index in [1.807, 2.05) is 0 Å². The number of hydrogen-bond acceptors (Lipinski definition) is 4. The number of nitrogens with zero attached hydrogens (tertiary/aromatic N) is 1. The Morgan fingerprint density at radius 2 is 1.87 bits per heavy atom. The molecule has 0 aromatic heterocycles. The summed E-state index contributed by atoms with van der Waals surface area (Å²) in [6, 6.07) is -1.08. The van der Waals surface area contributed by atoms with Gasteiger partial charge in [0, 0.05) is 6.42 Å². The normalized spacial score (nSPS) is 28.5. The zero-order valence-corrected chi connectivity index (χ0v) is 7.88. The summed E-state index contributed by atoms with van der Waals surface area (Å²) in [4.78, 5) is 22.5. The summed E-state index contributed by atoms with van der Waals surface area (Å²) in [5.41, 5.74) is 0. The molecule has 2 heterocycles. The lowest BCUT2D eigenvalue weighted by atomic mass is 10.1. The van der Waals surface area contributed by atoms with E-state index in [0.717, 1.165) is 4.90 Å². The Labute approximate surface area is 85.2 Å². The molecule has 1 atom stereocenters. The average Bonchev–Trinajstić information content (AvgIpc) is 2.74. The highest BCUT2D eigenvalue weighted by Gasteiger charge is 2.52. The van der Waals surface area contributed by atoms with Gasteiger partial charge in [-0.15, -0.1) is 0 Å². The summed E-state index contributed by atoms with van der Waals surface area (Å²) in [6.07, 6.45) is -1.22. The first kappa shape index (κ1) is 10.2. The molecule has 2 aliphatic rings. The largest absolute Gasteiger partial charge is 0.480 e. The Kier molecular flexibility index (Phi) is 2.28. The maximum Gasteiger partial charge on any atom is 0.408 e. The molecule has 0 radical (unpaired) electrons. The van der Waals surface area contributed by atoms with Gasteiger partial charge in [0.25, 0.3) is 0 Å². The van der Waals surface area contributed by atoms with E-state index < -0.39 is 23.9 Å². The number of amides is 1. The molecule has 0 saturated carbocycles. The summed E-state index contributed by atoms with van der Waals surface area (Å²) in [6.45, 7) is 0.707. The lowest BCUT2D eigenvalue weighted by molar-refractivity contribution is -0.150. The fourth-order valence-corrected chi connectivity index (χ4v) is 1.97. The van der Waals surface area contributed by atoms with Gasteiger partial charge in [-0.25, -0.2) is 9.59 Å². The van der Waals surface area contributed by atoms with Gasteiger partial charge in [0.15, 0.2) is 5.79 Å². The molecule has 1 unspecified atom stereocenters. The number of carbonyl (C=O) groups is 2. The molecule has 2 N–H and O–H groups in total. The van der Waals surface area contributed by atoms with Crippen LogP contribution in [0.5, 0.6) is 0 Å². The summed E-state index contributed by atoms with van der Waals surface area (Å²) >= 11 is 0. The van der Waals surface area contributed by atoms with E-state index in [0.29, 0.717) is 13.2 Å². The lowest BCUT2D eigenvalue weighted by Crippen LogP contribution is -2.40. The van der Waals surface area contributed by atoms with Crippen LogP contribution in [0.25, 0.3) is 0 Å². The predicted molar refractivity (Wildman–Crippen MR) is 45.4 cm³/mol. The van der Waals surface area contributed by atoms with Gasteiger partial charge in [-0.3, -0.25) is 4.90 Å². The average molecular weight is 217 g/mol. The van der Waals surface area contributed by atoms with E-state index in [1.165, 1.54) is 0 Å². The van der Waals surface area contributed by atoms with Crippen LogP contribution in [-0.2, 0) is 14.3 Å².